The first-order chi connectivity index (χ1) is 12.6. The lowest BCUT2D eigenvalue weighted by Gasteiger charge is -2.36. The van der Waals surface area contributed by atoms with Gasteiger partial charge in [-0.25, -0.2) is 4.79 Å². The molecule has 1 heterocycles. The molecule has 2 rings (SSSR count). The highest BCUT2D eigenvalue weighted by Gasteiger charge is 2.34. The summed E-state index contributed by atoms with van der Waals surface area (Å²) < 4.78 is 43.7. The van der Waals surface area contributed by atoms with Crippen molar-refractivity contribution in [1.29, 1.82) is 0 Å². The fourth-order valence-electron chi connectivity index (χ4n) is 2.74. The van der Waals surface area contributed by atoms with Gasteiger partial charge in [0.05, 0.1) is 23.2 Å². The van der Waals surface area contributed by atoms with Crippen LogP contribution in [0.3, 0.4) is 0 Å². The number of hydrogen-bond acceptors (Lipinski definition) is 4. The number of hydrogen-bond donors (Lipinski definition) is 1. The lowest BCUT2D eigenvalue weighted by molar-refractivity contribution is -0.137. The monoisotopic (exact) mass is 407 g/mol. The molecule has 6 nitrogen and oxygen atoms in total. The van der Waals surface area contributed by atoms with Gasteiger partial charge in [-0.05, 0) is 32.0 Å². The standard InChI is InChI=1S/C17H21ClF3N3O3/c1-3-27-16(26)24-8-6-23(7-9-24)11(2)15(25)22-12-4-5-14(18)13(10-12)17(19,20)21/h4-5,10-11H,3,6-9H2,1-2H3,(H,22,25). The number of benzene rings is 1. The quantitative estimate of drug-likeness (QED) is 0.830. The highest BCUT2D eigenvalue weighted by Crippen LogP contribution is 2.36. The number of anilines is 1. The number of halogens is 4. The van der Waals surface area contributed by atoms with Gasteiger partial charge in [0.15, 0.2) is 0 Å². The van der Waals surface area contributed by atoms with E-state index in [0.29, 0.717) is 32.8 Å². The number of carbonyl (C=O) groups excluding carboxylic acids is 2. The van der Waals surface area contributed by atoms with E-state index in [9.17, 15) is 22.8 Å². The van der Waals surface area contributed by atoms with Gasteiger partial charge in [-0.2, -0.15) is 13.2 Å². The third kappa shape index (κ3) is 5.49. The van der Waals surface area contributed by atoms with E-state index in [1.807, 2.05) is 4.90 Å². The number of carbonyl (C=O) groups is 2. The maximum absolute atomic E-state index is 12.9. The van der Waals surface area contributed by atoms with Gasteiger partial charge in [0, 0.05) is 31.9 Å². The molecule has 0 aliphatic carbocycles. The molecule has 27 heavy (non-hydrogen) atoms. The molecule has 0 radical (unpaired) electrons. The average Bonchev–Trinajstić information content (AvgIpc) is 2.62. The molecule has 1 N–H and O–H groups in total. The summed E-state index contributed by atoms with van der Waals surface area (Å²) in [4.78, 5) is 27.5. The van der Waals surface area contributed by atoms with Crippen molar-refractivity contribution in [2.24, 2.45) is 0 Å². The molecule has 1 aliphatic rings. The maximum Gasteiger partial charge on any atom is 0.417 e. The van der Waals surface area contributed by atoms with Crippen molar-refractivity contribution in [1.82, 2.24) is 9.80 Å². The third-order valence-corrected chi connectivity index (χ3v) is 4.64. The molecule has 2 amide bonds. The molecular weight excluding hydrogens is 387 g/mol. The van der Waals surface area contributed by atoms with Crippen LogP contribution in [0, 0.1) is 0 Å². The molecule has 1 aliphatic heterocycles. The Morgan fingerprint density at radius 2 is 1.89 bits per heavy atom. The molecular formula is C17H21ClF3N3O3. The van der Waals surface area contributed by atoms with Gasteiger partial charge in [-0.3, -0.25) is 9.69 Å². The van der Waals surface area contributed by atoms with E-state index in [1.54, 1.807) is 18.7 Å². The molecule has 10 heteroatoms. The van der Waals surface area contributed by atoms with Crippen molar-refractivity contribution in [3.8, 4) is 0 Å². The molecule has 0 bridgehead atoms. The van der Waals surface area contributed by atoms with Gasteiger partial charge in [-0.1, -0.05) is 11.6 Å². The van der Waals surface area contributed by atoms with E-state index in [1.165, 1.54) is 6.07 Å². The van der Waals surface area contributed by atoms with Crippen LogP contribution in [0.1, 0.15) is 19.4 Å². The lowest BCUT2D eigenvalue weighted by atomic mass is 10.1. The summed E-state index contributed by atoms with van der Waals surface area (Å²) >= 11 is 5.58. The largest absolute Gasteiger partial charge is 0.450 e. The lowest BCUT2D eigenvalue weighted by Crippen LogP contribution is -2.54. The molecule has 1 atom stereocenters. The van der Waals surface area contributed by atoms with Crippen molar-refractivity contribution < 1.29 is 27.5 Å². The predicted octanol–water partition coefficient (Wildman–Crippen LogP) is 3.46. The number of alkyl halides is 3. The third-order valence-electron chi connectivity index (χ3n) is 4.31. The van der Waals surface area contributed by atoms with Crippen molar-refractivity contribution >= 4 is 29.3 Å². The molecule has 0 spiro atoms. The van der Waals surface area contributed by atoms with Crippen LogP contribution in [0.4, 0.5) is 23.7 Å². The summed E-state index contributed by atoms with van der Waals surface area (Å²) in [6.45, 7) is 5.42. The average molecular weight is 408 g/mol. The fraction of sp³-hybridized carbons (Fsp3) is 0.529. The highest BCUT2D eigenvalue weighted by molar-refractivity contribution is 6.31. The molecule has 0 saturated carbocycles. The fourth-order valence-corrected chi connectivity index (χ4v) is 2.96. The zero-order chi connectivity index (χ0) is 20.2. The van der Waals surface area contributed by atoms with Gasteiger partial charge in [0.1, 0.15) is 0 Å². The minimum Gasteiger partial charge on any atom is -0.450 e. The summed E-state index contributed by atoms with van der Waals surface area (Å²) in [6, 6.07) is 2.66. The van der Waals surface area contributed by atoms with Crippen LogP contribution in [-0.2, 0) is 15.7 Å². The predicted molar refractivity (Wildman–Crippen MR) is 94.7 cm³/mol. The molecule has 0 aromatic heterocycles. The highest BCUT2D eigenvalue weighted by atomic mass is 35.5. The number of rotatable bonds is 4. The van der Waals surface area contributed by atoms with Crippen LogP contribution in [0.5, 0.6) is 0 Å². The van der Waals surface area contributed by atoms with E-state index in [4.69, 9.17) is 16.3 Å². The second kappa shape index (κ2) is 8.79. The van der Waals surface area contributed by atoms with Crippen molar-refractivity contribution in [3.63, 3.8) is 0 Å². The minimum absolute atomic E-state index is 0.0220. The first kappa shape index (κ1) is 21.3. The van der Waals surface area contributed by atoms with Gasteiger partial charge >= 0.3 is 12.3 Å². The van der Waals surface area contributed by atoms with Crippen molar-refractivity contribution in [3.05, 3.63) is 28.8 Å². The van der Waals surface area contributed by atoms with E-state index < -0.39 is 34.8 Å². The van der Waals surface area contributed by atoms with Crippen LogP contribution in [-0.4, -0.2) is 60.6 Å². The zero-order valence-electron chi connectivity index (χ0n) is 15.0. The maximum atomic E-state index is 12.9. The Labute approximate surface area is 160 Å². The summed E-state index contributed by atoms with van der Waals surface area (Å²) in [7, 11) is 0. The molecule has 1 unspecified atom stereocenters. The summed E-state index contributed by atoms with van der Waals surface area (Å²) in [5.41, 5.74) is -0.980. The van der Waals surface area contributed by atoms with Crippen LogP contribution >= 0.6 is 11.6 Å². The Morgan fingerprint density at radius 1 is 1.26 bits per heavy atom. The van der Waals surface area contributed by atoms with Crippen LogP contribution in [0.2, 0.25) is 5.02 Å². The van der Waals surface area contributed by atoms with Crippen LogP contribution < -0.4 is 5.32 Å². The van der Waals surface area contributed by atoms with Gasteiger partial charge in [0.2, 0.25) is 5.91 Å². The van der Waals surface area contributed by atoms with Crippen molar-refractivity contribution in [2.75, 3.05) is 38.1 Å². The van der Waals surface area contributed by atoms with Crippen LogP contribution in [0.25, 0.3) is 0 Å². The Hall–Kier alpha value is -2.00. The number of nitrogens with zero attached hydrogens (tertiary/aromatic N) is 2. The second-order valence-corrected chi connectivity index (χ2v) is 6.49. The molecule has 1 fully saturated rings. The molecule has 1 saturated heterocycles. The summed E-state index contributed by atoms with van der Waals surface area (Å²) in [5.74, 6) is -0.435. The molecule has 1 aromatic carbocycles. The second-order valence-electron chi connectivity index (χ2n) is 6.08. The minimum atomic E-state index is -4.60. The van der Waals surface area contributed by atoms with Crippen molar-refractivity contribution in [2.45, 2.75) is 26.1 Å². The Kier molecular flexibility index (Phi) is 6.94. The normalized spacial score (nSPS) is 16.7. The molecule has 150 valence electrons. The topological polar surface area (TPSA) is 61.9 Å². The van der Waals surface area contributed by atoms with E-state index >= 15 is 0 Å². The Morgan fingerprint density at radius 3 is 2.44 bits per heavy atom. The van der Waals surface area contributed by atoms with E-state index in [0.717, 1.165) is 12.1 Å². The smallest absolute Gasteiger partial charge is 0.417 e. The number of ether oxygens (including phenoxy) is 1. The summed E-state index contributed by atoms with van der Waals surface area (Å²) in [6.07, 6.45) is -5.00. The number of piperazine rings is 1. The van der Waals surface area contributed by atoms with Gasteiger partial charge in [0.25, 0.3) is 0 Å². The van der Waals surface area contributed by atoms with Gasteiger partial charge < -0.3 is 15.0 Å². The van der Waals surface area contributed by atoms with Crippen LogP contribution in [0.15, 0.2) is 18.2 Å². The molecule has 1 aromatic rings. The first-order valence-corrected chi connectivity index (χ1v) is 8.84. The van der Waals surface area contributed by atoms with E-state index in [-0.39, 0.29) is 5.69 Å². The Bertz CT molecular complexity index is 692. The zero-order valence-corrected chi connectivity index (χ0v) is 15.7. The van der Waals surface area contributed by atoms with Gasteiger partial charge in [-0.15, -0.1) is 0 Å². The van der Waals surface area contributed by atoms with E-state index in [2.05, 4.69) is 5.32 Å². The first-order valence-electron chi connectivity index (χ1n) is 8.46. The SMILES string of the molecule is CCOC(=O)N1CCN(C(C)C(=O)Nc2ccc(Cl)c(C(F)(F)F)c2)CC1. The number of amides is 2. The number of nitrogens with one attached hydrogen (secondary N) is 1. The summed E-state index contributed by atoms with van der Waals surface area (Å²) in [5, 5.41) is 2.06. The Balaban J connectivity index is 1.96.